The smallest absolute Gasteiger partial charge is 0.148 e. The normalized spacial score (nSPS) is 9.87. The fourth-order valence-corrected chi connectivity index (χ4v) is 1.70. The highest BCUT2D eigenvalue weighted by Gasteiger charge is 2.02. The van der Waals surface area contributed by atoms with Crippen LogP contribution >= 0.6 is 15.9 Å². The summed E-state index contributed by atoms with van der Waals surface area (Å²) in [6, 6.07) is 7.66. The van der Waals surface area contributed by atoms with Crippen LogP contribution in [0, 0.1) is 12.3 Å². The van der Waals surface area contributed by atoms with Gasteiger partial charge in [0.2, 0.25) is 0 Å². The van der Waals surface area contributed by atoms with Crippen LogP contribution in [-0.2, 0) is 0 Å². The van der Waals surface area contributed by atoms with Crippen molar-refractivity contribution in [1.82, 2.24) is 4.98 Å². The SMILES string of the molecule is C#CCOc1ccnc2ccc(Br)cc12. The second kappa shape index (κ2) is 4.33. The summed E-state index contributed by atoms with van der Waals surface area (Å²) >= 11 is 3.41. The molecule has 15 heavy (non-hydrogen) atoms. The first-order chi connectivity index (χ1) is 7.31. The van der Waals surface area contributed by atoms with Gasteiger partial charge in [0.25, 0.3) is 0 Å². The number of hydrogen-bond donors (Lipinski definition) is 0. The van der Waals surface area contributed by atoms with Gasteiger partial charge in [0.05, 0.1) is 5.52 Å². The molecule has 0 aliphatic rings. The molecule has 0 fully saturated rings. The van der Waals surface area contributed by atoms with Crippen molar-refractivity contribution in [2.75, 3.05) is 6.61 Å². The highest BCUT2D eigenvalue weighted by atomic mass is 79.9. The zero-order chi connectivity index (χ0) is 10.7. The Balaban J connectivity index is 2.54. The van der Waals surface area contributed by atoms with Crippen LogP contribution in [0.5, 0.6) is 5.75 Å². The van der Waals surface area contributed by atoms with Crippen LogP contribution in [0.25, 0.3) is 10.9 Å². The third kappa shape index (κ3) is 2.11. The minimum Gasteiger partial charge on any atom is -0.480 e. The van der Waals surface area contributed by atoms with E-state index in [1.54, 1.807) is 6.20 Å². The Morgan fingerprint density at radius 3 is 3.07 bits per heavy atom. The van der Waals surface area contributed by atoms with Crippen molar-refractivity contribution in [2.45, 2.75) is 0 Å². The first-order valence-electron chi connectivity index (χ1n) is 4.42. The monoisotopic (exact) mass is 261 g/mol. The minimum atomic E-state index is 0.269. The first-order valence-corrected chi connectivity index (χ1v) is 5.21. The summed E-state index contributed by atoms with van der Waals surface area (Å²) in [5.74, 6) is 3.20. The maximum absolute atomic E-state index is 5.43. The number of fused-ring (bicyclic) bond motifs is 1. The molecule has 0 saturated carbocycles. The molecular weight excluding hydrogens is 254 g/mol. The van der Waals surface area contributed by atoms with Crippen LogP contribution in [0.1, 0.15) is 0 Å². The third-order valence-electron chi connectivity index (χ3n) is 1.97. The predicted octanol–water partition coefficient (Wildman–Crippen LogP) is 3.01. The van der Waals surface area contributed by atoms with E-state index in [-0.39, 0.29) is 6.61 Å². The molecule has 2 rings (SSSR count). The molecule has 0 aliphatic heterocycles. The molecule has 1 aromatic carbocycles. The van der Waals surface area contributed by atoms with E-state index < -0.39 is 0 Å². The van der Waals surface area contributed by atoms with Gasteiger partial charge in [0.1, 0.15) is 12.4 Å². The maximum Gasteiger partial charge on any atom is 0.148 e. The molecule has 0 bridgehead atoms. The van der Waals surface area contributed by atoms with Crippen LogP contribution in [0.2, 0.25) is 0 Å². The molecule has 0 N–H and O–H groups in total. The fraction of sp³-hybridized carbons (Fsp3) is 0.0833. The van der Waals surface area contributed by atoms with Gasteiger partial charge in [-0.3, -0.25) is 4.98 Å². The summed E-state index contributed by atoms with van der Waals surface area (Å²) in [6.07, 6.45) is 6.86. The summed E-state index contributed by atoms with van der Waals surface area (Å²) in [4.78, 5) is 4.24. The Morgan fingerprint density at radius 2 is 2.27 bits per heavy atom. The molecule has 0 spiro atoms. The van der Waals surface area contributed by atoms with Gasteiger partial charge in [0, 0.05) is 16.1 Å². The highest BCUT2D eigenvalue weighted by molar-refractivity contribution is 9.10. The van der Waals surface area contributed by atoms with E-state index in [1.807, 2.05) is 24.3 Å². The Morgan fingerprint density at radius 1 is 1.40 bits per heavy atom. The zero-order valence-electron chi connectivity index (χ0n) is 7.90. The number of hydrogen-bond acceptors (Lipinski definition) is 2. The van der Waals surface area contributed by atoms with Crippen LogP contribution in [0.3, 0.4) is 0 Å². The van der Waals surface area contributed by atoms with Crippen molar-refractivity contribution < 1.29 is 4.74 Å². The van der Waals surface area contributed by atoms with Gasteiger partial charge in [-0.25, -0.2) is 0 Å². The van der Waals surface area contributed by atoms with E-state index in [1.165, 1.54) is 0 Å². The van der Waals surface area contributed by atoms with Gasteiger partial charge in [0.15, 0.2) is 0 Å². The van der Waals surface area contributed by atoms with Gasteiger partial charge in [-0.2, -0.15) is 0 Å². The summed E-state index contributed by atoms with van der Waals surface area (Å²) < 4.78 is 6.42. The number of aromatic nitrogens is 1. The topological polar surface area (TPSA) is 22.1 Å². The van der Waals surface area contributed by atoms with E-state index in [0.29, 0.717) is 0 Å². The molecule has 0 saturated heterocycles. The number of benzene rings is 1. The quantitative estimate of drug-likeness (QED) is 0.776. The van der Waals surface area contributed by atoms with Crippen LogP contribution in [0.15, 0.2) is 34.9 Å². The summed E-state index contributed by atoms with van der Waals surface area (Å²) in [5, 5.41) is 0.960. The molecule has 0 atom stereocenters. The van der Waals surface area contributed by atoms with Crippen molar-refractivity contribution in [3.63, 3.8) is 0 Å². The van der Waals surface area contributed by atoms with Crippen molar-refractivity contribution >= 4 is 26.8 Å². The predicted molar refractivity (Wildman–Crippen MR) is 63.8 cm³/mol. The minimum absolute atomic E-state index is 0.269. The number of ether oxygens (including phenoxy) is 1. The number of rotatable bonds is 2. The van der Waals surface area contributed by atoms with E-state index >= 15 is 0 Å². The number of nitrogens with zero attached hydrogens (tertiary/aromatic N) is 1. The van der Waals surface area contributed by atoms with E-state index in [2.05, 4.69) is 26.8 Å². The average molecular weight is 262 g/mol. The molecule has 0 unspecified atom stereocenters. The molecule has 1 aromatic heterocycles. The highest BCUT2D eigenvalue weighted by Crippen LogP contribution is 2.26. The largest absolute Gasteiger partial charge is 0.480 e. The molecule has 0 aliphatic carbocycles. The summed E-state index contributed by atoms with van der Waals surface area (Å²) in [7, 11) is 0. The van der Waals surface area contributed by atoms with Gasteiger partial charge < -0.3 is 4.74 Å². The second-order valence-corrected chi connectivity index (χ2v) is 3.88. The standard InChI is InChI=1S/C12H8BrNO/c1-2-7-15-12-5-6-14-11-4-3-9(13)8-10(11)12/h1,3-6,8H,7H2. The first kappa shape index (κ1) is 10.0. The number of halogens is 1. The Hall–Kier alpha value is -1.53. The lowest BCUT2D eigenvalue weighted by molar-refractivity contribution is 0.374. The molecule has 2 nitrogen and oxygen atoms in total. The maximum atomic E-state index is 5.43. The lowest BCUT2D eigenvalue weighted by Crippen LogP contribution is -1.94. The number of pyridine rings is 1. The zero-order valence-corrected chi connectivity index (χ0v) is 9.49. The van der Waals surface area contributed by atoms with Gasteiger partial charge >= 0.3 is 0 Å². The molecular formula is C12H8BrNO. The Labute approximate surface area is 96.4 Å². The molecule has 0 amide bonds. The fourth-order valence-electron chi connectivity index (χ4n) is 1.34. The molecule has 0 radical (unpaired) electrons. The van der Waals surface area contributed by atoms with Crippen molar-refractivity contribution in [2.24, 2.45) is 0 Å². The van der Waals surface area contributed by atoms with Crippen molar-refractivity contribution in [3.05, 3.63) is 34.9 Å². The van der Waals surface area contributed by atoms with Crippen LogP contribution in [0.4, 0.5) is 0 Å². The van der Waals surface area contributed by atoms with Gasteiger partial charge in [-0.05, 0) is 24.3 Å². The molecule has 1 heterocycles. The van der Waals surface area contributed by atoms with E-state index in [9.17, 15) is 0 Å². The van der Waals surface area contributed by atoms with Gasteiger partial charge in [-0.1, -0.05) is 21.9 Å². The third-order valence-corrected chi connectivity index (χ3v) is 2.47. The molecule has 2 aromatic rings. The Bertz CT molecular complexity index is 531. The lowest BCUT2D eigenvalue weighted by atomic mass is 10.2. The van der Waals surface area contributed by atoms with Crippen LogP contribution < -0.4 is 4.74 Å². The Kier molecular flexibility index (Phi) is 2.89. The lowest BCUT2D eigenvalue weighted by Gasteiger charge is -2.06. The van der Waals surface area contributed by atoms with Crippen molar-refractivity contribution in [3.8, 4) is 18.1 Å². The molecule has 74 valence electrons. The molecule has 3 heteroatoms. The second-order valence-electron chi connectivity index (χ2n) is 2.96. The van der Waals surface area contributed by atoms with Crippen LogP contribution in [-0.4, -0.2) is 11.6 Å². The van der Waals surface area contributed by atoms with E-state index in [4.69, 9.17) is 11.2 Å². The summed E-state index contributed by atoms with van der Waals surface area (Å²) in [5.41, 5.74) is 0.896. The average Bonchev–Trinajstić information content (AvgIpc) is 2.26. The number of terminal acetylenes is 1. The van der Waals surface area contributed by atoms with Crippen molar-refractivity contribution in [1.29, 1.82) is 0 Å². The summed E-state index contributed by atoms with van der Waals surface area (Å²) in [6.45, 7) is 0.269. The van der Waals surface area contributed by atoms with E-state index in [0.717, 1.165) is 21.1 Å². The van der Waals surface area contributed by atoms with Gasteiger partial charge in [-0.15, -0.1) is 6.42 Å².